The van der Waals surface area contributed by atoms with Crippen LogP contribution in [0.3, 0.4) is 0 Å². The SMILES string of the molecule is Cc1nn(Cc2ccc(F)cc2)c2sc(C(=O)N3CCN(CC(C)(C)O)CC3C)cc12. The Labute approximate surface area is 185 Å². The van der Waals surface area contributed by atoms with Crippen LogP contribution < -0.4 is 0 Å². The fourth-order valence-electron chi connectivity index (χ4n) is 4.26. The van der Waals surface area contributed by atoms with Crippen LogP contribution in [0.15, 0.2) is 30.3 Å². The molecule has 1 atom stereocenters. The van der Waals surface area contributed by atoms with Gasteiger partial charge in [0, 0.05) is 37.6 Å². The number of amides is 1. The molecular formula is C23H29FN4O2S. The van der Waals surface area contributed by atoms with Gasteiger partial charge in [0.1, 0.15) is 10.6 Å². The van der Waals surface area contributed by atoms with E-state index in [0.29, 0.717) is 24.5 Å². The number of halogens is 1. The van der Waals surface area contributed by atoms with E-state index in [1.54, 1.807) is 12.1 Å². The van der Waals surface area contributed by atoms with E-state index in [1.165, 1.54) is 23.5 Å². The largest absolute Gasteiger partial charge is 0.389 e. The molecule has 1 saturated heterocycles. The Morgan fingerprint density at radius 3 is 2.65 bits per heavy atom. The van der Waals surface area contributed by atoms with Crippen molar-refractivity contribution < 1.29 is 14.3 Å². The van der Waals surface area contributed by atoms with E-state index >= 15 is 0 Å². The normalized spacial score (nSPS) is 18.1. The highest BCUT2D eigenvalue weighted by atomic mass is 32.1. The predicted octanol–water partition coefficient (Wildman–Crippen LogP) is 3.51. The van der Waals surface area contributed by atoms with Crippen LogP contribution >= 0.6 is 11.3 Å². The lowest BCUT2D eigenvalue weighted by Gasteiger charge is -2.41. The standard InChI is InChI=1S/C23H29FN4O2S/c1-15-12-26(14-23(3,4)30)9-10-27(15)21(29)20-11-19-16(2)25-28(22(19)31-20)13-17-5-7-18(24)8-6-17/h5-8,11,15,30H,9-10,12-14H2,1-4H3. The predicted molar refractivity (Wildman–Crippen MR) is 121 cm³/mol. The third-order valence-electron chi connectivity index (χ3n) is 5.65. The van der Waals surface area contributed by atoms with E-state index in [-0.39, 0.29) is 17.8 Å². The quantitative estimate of drug-likeness (QED) is 0.654. The van der Waals surface area contributed by atoms with Gasteiger partial charge < -0.3 is 10.0 Å². The number of β-amino-alcohol motifs (C(OH)–C–C–N with tert-alkyl or cyclic N) is 1. The Morgan fingerprint density at radius 1 is 1.29 bits per heavy atom. The number of aliphatic hydroxyl groups is 1. The Kier molecular flexibility index (Phi) is 5.89. The van der Waals surface area contributed by atoms with Crippen LogP contribution in [0.5, 0.6) is 0 Å². The van der Waals surface area contributed by atoms with Crippen molar-refractivity contribution in [2.75, 3.05) is 26.2 Å². The number of carbonyl (C=O) groups is 1. The Bertz CT molecular complexity index is 1080. The van der Waals surface area contributed by atoms with Gasteiger partial charge in [0.15, 0.2) is 0 Å². The van der Waals surface area contributed by atoms with Crippen molar-refractivity contribution in [3.8, 4) is 0 Å². The molecule has 4 rings (SSSR count). The first kappa shape index (κ1) is 21.9. The highest BCUT2D eigenvalue weighted by Gasteiger charge is 2.31. The summed E-state index contributed by atoms with van der Waals surface area (Å²) in [6.07, 6.45) is 0. The van der Waals surface area contributed by atoms with Gasteiger partial charge in [-0.05, 0) is 51.5 Å². The van der Waals surface area contributed by atoms with Crippen molar-refractivity contribution >= 4 is 27.5 Å². The highest BCUT2D eigenvalue weighted by Crippen LogP contribution is 2.30. The van der Waals surface area contributed by atoms with Gasteiger partial charge >= 0.3 is 0 Å². The van der Waals surface area contributed by atoms with E-state index in [4.69, 9.17) is 0 Å². The van der Waals surface area contributed by atoms with E-state index in [2.05, 4.69) is 16.9 Å². The van der Waals surface area contributed by atoms with Gasteiger partial charge in [-0.1, -0.05) is 12.1 Å². The number of piperazine rings is 1. The van der Waals surface area contributed by atoms with Crippen molar-refractivity contribution in [3.05, 3.63) is 52.3 Å². The highest BCUT2D eigenvalue weighted by molar-refractivity contribution is 7.20. The molecule has 1 aliphatic rings. The molecule has 1 amide bonds. The summed E-state index contributed by atoms with van der Waals surface area (Å²) in [5, 5.41) is 15.7. The molecule has 8 heteroatoms. The van der Waals surface area contributed by atoms with Gasteiger partial charge in [-0.2, -0.15) is 5.10 Å². The molecule has 31 heavy (non-hydrogen) atoms. The average molecular weight is 445 g/mol. The second kappa shape index (κ2) is 8.33. The number of hydrogen-bond donors (Lipinski definition) is 1. The Balaban J connectivity index is 1.52. The van der Waals surface area contributed by atoms with E-state index in [9.17, 15) is 14.3 Å². The zero-order valence-corrected chi connectivity index (χ0v) is 19.2. The second-order valence-electron chi connectivity index (χ2n) is 9.09. The molecule has 166 valence electrons. The Morgan fingerprint density at radius 2 is 2.00 bits per heavy atom. The van der Waals surface area contributed by atoms with Crippen molar-refractivity contribution in [1.29, 1.82) is 0 Å². The molecule has 1 aliphatic heterocycles. The number of aryl methyl sites for hydroxylation is 1. The van der Waals surface area contributed by atoms with Gasteiger partial charge in [-0.15, -0.1) is 11.3 Å². The van der Waals surface area contributed by atoms with Crippen LogP contribution in [0.2, 0.25) is 0 Å². The maximum Gasteiger partial charge on any atom is 0.264 e. The third kappa shape index (κ3) is 4.81. The molecule has 0 spiro atoms. The number of thiophene rings is 1. The summed E-state index contributed by atoms with van der Waals surface area (Å²) >= 11 is 1.46. The van der Waals surface area contributed by atoms with E-state index in [1.807, 2.05) is 36.4 Å². The summed E-state index contributed by atoms with van der Waals surface area (Å²) in [6.45, 7) is 10.9. The zero-order chi connectivity index (χ0) is 22.3. The van der Waals surface area contributed by atoms with Crippen LogP contribution in [-0.2, 0) is 6.54 Å². The van der Waals surface area contributed by atoms with Gasteiger partial charge in [-0.3, -0.25) is 14.4 Å². The number of fused-ring (bicyclic) bond motifs is 1. The fraction of sp³-hybridized carbons (Fsp3) is 0.478. The minimum Gasteiger partial charge on any atom is -0.389 e. The van der Waals surface area contributed by atoms with Crippen molar-refractivity contribution in [2.24, 2.45) is 0 Å². The molecule has 0 saturated carbocycles. The molecule has 0 radical (unpaired) electrons. The monoisotopic (exact) mass is 444 g/mol. The number of benzene rings is 1. The van der Waals surface area contributed by atoms with Crippen molar-refractivity contribution in [3.63, 3.8) is 0 Å². The Hall–Kier alpha value is -2.29. The summed E-state index contributed by atoms with van der Waals surface area (Å²) < 4.78 is 15.1. The molecule has 0 aliphatic carbocycles. The van der Waals surface area contributed by atoms with Crippen molar-refractivity contribution in [2.45, 2.75) is 45.9 Å². The van der Waals surface area contributed by atoms with Crippen LogP contribution in [0.4, 0.5) is 4.39 Å². The minimum absolute atomic E-state index is 0.0457. The molecule has 3 heterocycles. The number of hydrogen-bond acceptors (Lipinski definition) is 5. The lowest BCUT2D eigenvalue weighted by atomic mass is 10.1. The summed E-state index contributed by atoms with van der Waals surface area (Å²) in [5.41, 5.74) is 1.10. The maximum atomic E-state index is 13.3. The smallest absolute Gasteiger partial charge is 0.264 e. The summed E-state index contributed by atoms with van der Waals surface area (Å²) in [7, 11) is 0. The van der Waals surface area contributed by atoms with Crippen molar-refractivity contribution in [1.82, 2.24) is 19.6 Å². The molecule has 1 fully saturated rings. The van der Waals surface area contributed by atoms with Crippen LogP contribution in [0.1, 0.15) is 41.7 Å². The van der Waals surface area contributed by atoms with Gasteiger partial charge in [-0.25, -0.2) is 4.39 Å². The third-order valence-corrected chi connectivity index (χ3v) is 6.78. The zero-order valence-electron chi connectivity index (χ0n) is 18.4. The molecule has 2 aromatic heterocycles. The molecule has 6 nitrogen and oxygen atoms in total. The van der Waals surface area contributed by atoms with E-state index < -0.39 is 5.60 Å². The second-order valence-corrected chi connectivity index (χ2v) is 10.1. The first-order chi connectivity index (χ1) is 14.6. The number of carbonyl (C=O) groups excluding carboxylic acids is 1. The first-order valence-corrected chi connectivity index (χ1v) is 11.4. The van der Waals surface area contributed by atoms with Gasteiger partial charge in [0.05, 0.1) is 22.7 Å². The minimum atomic E-state index is -0.745. The molecular weight excluding hydrogens is 415 g/mol. The van der Waals surface area contributed by atoms with Crippen LogP contribution in [-0.4, -0.2) is 68.4 Å². The molecule has 1 unspecified atom stereocenters. The van der Waals surface area contributed by atoms with Crippen LogP contribution in [0, 0.1) is 12.7 Å². The van der Waals surface area contributed by atoms with E-state index in [0.717, 1.165) is 34.6 Å². The molecule has 0 bridgehead atoms. The number of rotatable bonds is 5. The topological polar surface area (TPSA) is 61.6 Å². The lowest BCUT2D eigenvalue weighted by Crippen LogP contribution is -2.56. The summed E-state index contributed by atoms with van der Waals surface area (Å²) in [5.74, 6) is -0.212. The number of nitrogens with zero attached hydrogens (tertiary/aromatic N) is 4. The number of aromatic nitrogens is 2. The van der Waals surface area contributed by atoms with Crippen LogP contribution in [0.25, 0.3) is 10.2 Å². The first-order valence-electron chi connectivity index (χ1n) is 10.6. The lowest BCUT2D eigenvalue weighted by molar-refractivity contribution is 0.00592. The fourth-order valence-corrected chi connectivity index (χ4v) is 5.37. The maximum absolute atomic E-state index is 13.3. The average Bonchev–Trinajstić information content (AvgIpc) is 3.23. The molecule has 3 aromatic rings. The molecule has 1 N–H and O–H groups in total. The van der Waals surface area contributed by atoms with Gasteiger partial charge in [0.2, 0.25) is 0 Å². The van der Waals surface area contributed by atoms with Gasteiger partial charge in [0.25, 0.3) is 5.91 Å². The summed E-state index contributed by atoms with van der Waals surface area (Å²) in [6, 6.07) is 8.43. The summed E-state index contributed by atoms with van der Waals surface area (Å²) in [4.78, 5) is 19.1. The molecule has 1 aromatic carbocycles.